The van der Waals surface area contributed by atoms with Crippen molar-refractivity contribution in [3.05, 3.63) is 17.6 Å². The lowest BCUT2D eigenvalue weighted by Gasteiger charge is -2.37. The summed E-state index contributed by atoms with van der Waals surface area (Å²) in [5.41, 5.74) is 1.09. The first kappa shape index (κ1) is 14.7. The van der Waals surface area contributed by atoms with Gasteiger partial charge in [-0.15, -0.1) is 0 Å². The van der Waals surface area contributed by atoms with Crippen LogP contribution in [-0.4, -0.2) is 47.0 Å². The fourth-order valence-corrected chi connectivity index (χ4v) is 3.58. The van der Waals surface area contributed by atoms with Gasteiger partial charge in [-0.3, -0.25) is 0 Å². The third-order valence-electron chi connectivity index (χ3n) is 4.69. The molecule has 3 atom stereocenters. The highest BCUT2D eigenvalue weighted by Gasteiger charge is 2.38. The Hall–Kier alpha value is -1.20. The maximum absolute atomic E-state index is 10.3. The van der Waals surface area contributed by atoms with Crippen LogP contribution in [0.25, 0.3) is 0 Å². The SMILES string of the molecule is CCc1cc(N2CCC[C@@H]2[C@H]2COCC[C@H]2O)nc(C)n1. The molecule has 3 rings (SSSR count). The monoisotopic (exact) mass is 291 g/mol. The molecule has 2 aliphatic heterocycles. The maximum Gasteiger partial charge on any atom is 0.132 e. The van der Waals surface area contributed by atoms with E-state index in [4.69, 9.17) is 4.74 Å². The Bertz CT molecular complexity index is 494. The number of rotatable bonds is 3. The molecular weight excluding hydrogens is 266 g/mol. The molecule has 2 fully saturated rings. The number of aromatic nitrogens is 2. The van der Waals surface area contributed by atoms with Gasteiger partial charge in [-0.1, -0.05) is 6.92 Å². The second-order valence-electron chi connectivity index (χ2n) is 6.12. The fourth-order valence-electron chi connectivity index (χ4n) is 3.58. The van der Waals surface area contributed by atoms with Gasteiger partial charge < -0.3 is 14.7 Å². The van der Waals surface area contributed by atoms with Crippen molar-refractivity contribution in [2.45, 2.75) is 51.7 Å². The summed E-state index contributed by atoms with van der Waals surface area (Å²) in [6.45, 7) is 6.41. The lowest BCUT2D eigenvalue weighted by atomic mass is 9.89. The van der Waals surface area contributed by atoms with E-state index in [2.05, 4.69) is 27.9 Å². The van der Waals surface area contributed by atoms with E-state index in [1.54, 1.807) is 0 Å². The van der Waals surface area contributed by atoms with Gasteiger partial charge in [-0.05, 0) is 32.6 Å². The van der Waals surface area contributed by atoms with E-state index in [-0.39, 0.29) is 12.0 Å². The Kier molecular flexibility index (Phi) is 4.40. The molecule has 1 aromatic rings. The van der Waals surface area contributed by atoms with Crippen LogP contribution >= 0.6 is 0 Å². The van der Waals surface area contributed by atoms with Crippen LogP contribution in [0.15, 0.2) is 6.07 Å². The lowest BCUT2D eigenvalue weighted by Crippen LogP contribution is -2.46. The third-order valence-corrected chi connectivity index (χ3v) is 4.69. The first-order valence-corrected chi connectivity index (χ1v) is 8.06. The normalized spacial score (nSPS) is 29.9. The van der Waals surface area contributed by atoms with Crippen LogP contribution in [0.3, 0.4) is 0 Å². The van der Waals surface area contributed by atoms with Gasteiger partial charge in [0, 0.05) is 36.9 Å². The third kappa shape index (κ3) is 3.04. The molecule has 21 heavy (non-hydrogen) atoms. The summed E-state index contributed by atoms with van der Waals surface area (Å²) >= 11 is 0. The van der Waals surface area contributed by atoms with E-state index in [9.17, 15) is 5.11 Å². The number of hydrogen-bond acceptors (Lipinski definition) is 5. The molecule has 0 spiro atoms. The zero-order valence-corrected chi connectivity index (χ0v) is 13.0. The molecule has 3 heterocycles. The van der Waals surface area contributed by atoms with Crippen molar-refractivity contribution in [2.75, 3.05) is 24.7 Å². The molecule has 0 aromatic carbocycles. The van der Waals surface area contributed by atoms with Crippen molar-refractivity contribution >= 4 is 5.82 Å². The van der Waals surface area contributed by atoms with Crippen molar-refractivity contribution in [1.82, 2.24) is 9.97 Å². The van der Waals surface area contributed by atoms with E-state index >= 15 is 0 Å². The maximum atomic E-state index is 10.3. The van der Waals surface area contributed by atoms with Crippen LogP contribution in [0.1, 0.15) is 37.7 Å². The highest BCUT2D eigenvalue weighted by Crippen LogP contribution is 2.33. The summed E-state index contributed by atoms with van der Waals surface area (Å²) in [5.74, 6) is 2.04. The van der Waals surface area contributed by atoms with E-state index in [1.165, 1.54) is 0 Å². The molecule has 5 heteroatoms. The van der Waals surface area contributed by atoms with E-state index in [1.807, 2.05) is 6.92 Å². The number of aryl methyl sites for hydroxylation is 2. The van der Waals surface area contributed by atoms with Crippen LogP contribution in [0.2, 0.25) is 0 Å². The molecule has 116 valence electrons. The number of anilines is 1. The highest BCUT2D eigenvalue weighted by atomic mass is 16.5. The van der Waals surface area contributed by atoms with Crippen LogP contribution in [0.5, 0.6) is 0 Å². The minimum absolute atomic E-state index is 0.196. The van der Waals surface area contributed by atoms with E-state index in [0.717, 1.165) is 49.6 Å². The van der Waals surface area contributed by atoms with Gasteiger partial charge in [-0.2, -0.15) is 0 Å². The van der Waals surface area contributed by atoms with Crippen LogP contribution in [-0.2, 0) is 11.2 Å². The predicted molar refractivity (Wildman–Crippen MR) is 81.4 cm³/mol. The zero-order chi connectivity index (χ0) is 14.8. The molecule has 2 aliphatic rings. The number of nitrogens with zero attached hydrogens (tertiary/aromatic N) is 3. The molecule has 0 radical (unpaired) electrons. The van der Waals surface area contributed by atoms with E-state index < -0.39 is 0 Å². The summed E-state index contributed by atoms with van der Waals surface area (Å²) in [6.07, 6.45) is 3.67. The average molecular weight is 291 g/mol. The Morgan fingerprint density at radius 1 is 1.38 bits per heavy atom. The standard InChI is InChI=1S/C16H25N3O2/c1-3-12-9-16(18-11(2)17-12)19-7-4-5-14(19)13-10-21-8-6-15(13)20/h9,13-15,20H,3-8,10H2,1-2H3/t13-,14-,15-/m1/s1. The van der Waals surface area contributed by atoms with Gasteiger partial charge in [0.05, 0.1) is 12.7 Å². The smallest absolute Gasteiger partial charge is 0.132 e. The summed E-state index contributed by atoms with van der Waals surface area (Å²) in [6, 6.07) is 2.43. The van der Waals surface area contributed by atoms with Gasteiger partial charge >= 0.3 is 0 Å². The molecule has 0 unspecified atom stereocenters. The van der Waals surface area contributed by atoms with Crippen LogP contribution < -0.4 is 4.90 Å². The highest BCUT2D eigenvalue weighted by molar-refractivity contribution is 5.43. The van der Waals surface area contributed by atoms with Crippen LogP contribution in [0, 0.1) is 12.8 Å². The fraction of sp³-hybridized carbons (Fsp3) is 0.750. The molecule has 0 bridgehead atoms. The predicted octanol–water partition coefficient (Wildman–Crippen LogP) is 1.71. The summed E-state index contributed by atoms with van der Waals surface area (Å²) in [4.78, 5) is 11.4. The quantitative estimate of drug-likeness (QED) is 0.919. The summed E-state index contributed by atoms with van der Waals surface area (Å²) < 4.78 is 5.60. The van der Waals surface area contributed by atoms with Crippen LogP contribution in [0.4, 0.5) is 5.82 Å². The van der Waals surface area contributed by atoms with Crippen molar-refractivity contribution in [3.63, 3.8) is 0 Å². The van der Waals surface area contributed by atoms with Gasteiger partial charge in [0.15, 0.2) is 0 Å². The van der Waals surface area contributed by atoms with Crippen molar-refractivity contribution in [2.24, 2.45) is 5.92 Å². The Balaban J connectivity index is 1.84. The molecule has 1 N–H and O–H groups in total. The zero-order valence-electron chi connectivity index (χ0n) is 13.0. The number of hydrogen-bond donors (Lipinski definition) is 1. The minimum Gasteiger partial charge on any atom is -0.393 e. The topological polar surface area (TPSA) is 58.5 Å². The van der Waals surface area contributed by atoms with Gasteiger partial charge in [-0.25, -0.2) is 9.97 Å². The first-order chi connectivity index (χ1) is 10.2. The molecule has 5 nitrogen and oxygen atoms in total. The molecule has 1 aromatic heterocycles. The molecule has 0 amide bonds. The average Bonchev–Trinajstić information content (AvgIpc) is 2.96. The number of ether oxygens (including phenoxy) is 1. The number of aliphatic hydroxyl groups excluding tert-OH is 1. The Morgan fingerprint density at radius 3 is 3.00 bits per heavy atom. The first-order valence-electron chi connectivity index (χ1n) is 8.06. The Labute approximate surface area is 126 Å². The minimum atomic E-state index is -0.252. The van der Waals surface area contributed by atoms with Gasteiger partial charge in [0.25, 0.3) is 0 Å². The van der Waals surface area contributed by atoms with Crippen molar-refractivity contribution < 1.29 is 9.84 Å². The summed E-state index contributed by atoms with van der Waals surface area (Å²) in [5, 5.41) is 10.3. The second-order valence-corrected chi connectivity index (χ2v) is 6.12. The molecular formula is C16H25N3O2. The van der Waals surface area contributed by atoms with Crippen molar-refractivity contribution in [1.29, 1.82) is 0 Å². The molecule has 0 aliphatic carbocycles. The van der Waals surface area contributed by atoms with E-state index in [0.29, 0.717) is 19.3 Å². The molecule has 2 saturated heterocycles. The summed E-state index contributed by atoms with van der Waals surface area (Å²) in [7, 11) is 0. The molecule has 0 saturated carbocycles. The Morgan fingerprint density at radius 2 is 2.24 bits per heavy atom. The number of aliphatic hydroxyl groups is 1. The largest absolute Gasteiger partial charge is 0.393 e. The van der Waals surface area contributed by atoms with Gasteiger partial charge in [0.2, 0.25) is 0 Å². The lowest BCUT2D eigenvalue weighted by molar-refractivity contribution is -0.0438. The van der Waals surface area contributed by atoms with Gasteiger partial charge in [0.1, 0.15) is 11.6 Å². The second kappa shape index (κ2) is 6.28. The van der Waals surface area contributed by atoms with Crippen molar-refractivity contribution in [3.8, 4) is 0 Å².